The number of primary amides is 1. The van der Waals surface area contributed by atoms with Crippen LogP contribution in [0.5, 0.6) is 11.5 Å². The third kappa shape index (κ3) is 5.36. The largest absolute Gasteiger partial charge is 0.457 e. The van der Waals surface area contributed by atoms with E-state index in [2.05, 4.69) is 36.4 Å². The number of nitrogens with zero attached hydrogens (tertiary/aromatic N) is 1. The Bertz CT molecular complexity index is 1040. The number of urea groups is 1. The number of hydrogen-bond acceptors (Lipinski definition) is 5. The fourth-order valence-corrected chi connectivity index (χ4v) is 3.52. The Morgan fingerprint density at radius 3 is 2.50 bits per heavy atom. The summed E-state index contributed by atoms with van der Waals surface area (Å²) < 4.78 is 5.73. The van der Waals surface area contributed by atoms with E-state index < -0.39 is 5.91 Å². The lowest BCUT2D eigenvalue weighted by atomic mass is 9.89. The summed E-state index contributed by atoms with van der Waals surface area (Å²) in [5.41, 5.74) is 6.29. The summed E-state index contributed by atoms with van der Waals surface area (Å²) in [6, 6.07) is 13.1. The van der Waals surface area contributed by atoms with Crippen molar-refractivity contribution in [3.63, 3.8) is 0 Å². The van der Waals surface area contributed by atoms with Crippen molar-refractivity contribution in [3.8, 4) is 11.5 Å². The summed E-state index contributed by atoms with van der Waals surface area (Å²) in [6.45, 7) is 6.43. The number of nitrogens with two attached hydrogens (primary N) is 1. The van der Waals surface area contributed by atoms with Gasteiger partial charge in [0.05, 0.1) is 0 Å². The zero-order valence-corrected chi connectivity index (χ0v) is 17.9. The molecule has 4 N–H and O–H groups in total. The molecule has 0 radical (unpaired) electrons. The molecule has 0 unspecified atom stereocenters. The molecular weight excluding hydrogens is 400 g/mol. The number of carbonyl (C=O) groups excluding carboxylic acids is 2. The second-order valence-corrected chi connectivity index (χ2v) is 8.40. The van der Waals surface area contributed by atoms with Gasteiger partial charge < -0.3 is 15.8 Å². The summed E-state index contributed by atoms with van der Waals surface area (Å²) in [5, 5.41) is 6.08. The summed E-state index contributed by atoms with van der Waals surface area (Å²) in [7, 11) is 0. The van der Waals surface area contributed by atoms with Gasteiger partial charge in [0, 0.05) is 27.7 Å². The number of amides is 3. The zero-order valence-electron chi connectivity index (χ0n) is 17.1. The SMILES string of the molecule is CCC(C)(C)c1cnc(NC(=O)Nc2ccc(Oc3cccc(C(N)=O)c3)cc2)s1. The average Bonchev–Trinajstić information content (AvgIpc) is 3.19. The first kappa shape index (κ1) is 21.3. The van der Waals surface area contributed by atoms with Gasteiger partial charge in [-0.05, 0) is 48.9 Å². The molecule has 0 saturated carbocycles. The first-order valence-electron chi connectivity index (χ1n) is 9.49. The molecule has 3 amide bonds. The van der Waals surface area contributed by atoms with Crippen LogP contribution in [0.4, 0.5) is 15.6 Å². The van der Waals surface area contributed by atoms with Crippen LogP contribution in [0, 0.1) is 0 Å². The molecule has 0 atom stereocenters. The molecule has 0 aliphatic heterocycles. The van der Waals surface area contributed by atoms with Crippen LogP contribution < -0.4 is 21.1 Å². The lowest BCUT2D eigenvalue weighted by Gasteiger charge is -2.19. The minimum absolute atomic E-state index is 0.0286. The highest BCUT2D eigenvalue weighted by Crippen LogP contribution is 2.33. The molecule has 30 heavy (non-hydrogen) atoms. The molecule has 0 saturated heterocycles. The predicted octanol–water partition coefficient (Wildman–Crippen LogP) is 5.37. The number of benzene rings is 2. The fourth-order valence-electron chi connectivity index (χ4n) is 2.53. The smallest absolute Gasteiger partial charge is 0.325 e. The van der Waals surface area contributed by atoms with Gasteiger partial charge in [0.25, 0.3) is 0 Å². The standard InChI is InChI=1S/C22H24N4O3S/c1-4-22(2,3)18-13-24-21(30-18)26-20(28)25-15-8-10-16(11-9-15)29-17-7-5-6-14(12-17)19(23)27/h5-13H,4H2,1-3H3,(H2,23,27)(H2,24,25,26,28). The zero-order chi connectivity index (χ0) is 21.7. The lowest BCUT2D eigenvalue weighted by molar-refractivity contribution is 0.1000. The van der Waals surface area contributed by atoms with E-state index in [1.165, 1.54) is 11.3 Å². The molecule has 2 aromatic carbocycles. The van der Waals surface area contributed by atoms with Gasteiger partial charge in [0.2, 0.25) is 5.91 Å². The minimum atomic E-state index is -0.517. The van der Waals surface area contributed by atoms with Crippen molar-refractivity contribution in [1.82, 2.24) is 4.98 Å². The van der Waals surface area contributed by atoms with Crippen LogP contribution in [0.3, 0.4) is 0 Å². The maximum Gasteiger partial charge on any atom is 0.325 e. The Balaban J connectivity index is 1.58. The van der Waals surface area contributed by atoms with Crippen LogP contribution in [0.15, 0.2) is 54.7 Å². The van der Waals surface area contributed by atoms with Gasteiger partial charge >= 0.3 is 6.03 Å². The summed E-state index contributed by atoms with van der Waals surface area (Å²) >= 11 is 1.47. The average molecular weight is 425 g/mol. The van der Waals surface area contributed by atoms with E-state index in [4.69, 9.17) is 10.5 Å². The number of hydrogen-bond donors (Lipinski definition) is 3. The van der Waals surface area contributed by atoms with Crippen molar-refractivity contribution >= 4 is 34.1 Å². The van der Waals surface area contributed by atoms with E-state index in [-0.39, 0.29) is 11.4 Å². The topological polar surface area (TPSA) is 106 Å². The van der Waals surface area contributed by atoms with Crippen LogP contribution >= 0.6 is 11.3 Å². The minimum Gasteiger partial charge on any atom is -0.457 e. The molecular formula is C22H24N4O3S. The number of anilines is 2. The second-order valence-electron chi connectivity index (χ2n) is 7.36. The predicted molar refractivity (Wildman–Crippen MR) is 120 cm³/mol. The van der Waals surface area contributed by atoms with E-state index >= 15 is 0 Å². The van der Waals surface area contributed by atoms with Crippen LogP contribution in [0.1, 0.15) is 42.4 Å². The number of thiazole rings is 1. The van der Waals surface area contributed by atoms with E-state index in [0.29, 0.717) is 27.9 Å². The van der Waals surface area contributed by atoms with Crippen molar-refractivity contribution in [2.75, 3.05) is 10.6 Å². The number of aromatic nitrogens is 1. The number of rotatable bonds is 7. The molecule has 0 bridgehead atoms. The van der Waals surface area contributed by atoms with Crippen LogP contribution in [-0.4, -0.2) is 16.9 Å². The highest BCUT2D eigenvalue weighted by Gasteiger charge is 2.21. The third-order valence-corrected chi connectivity index (χ3v) is 6.02. The molecule has 7 nitrogen and oxygen atoms in total. The highest BCUT2D eigenvalue weighted by molar-refractivity contribution is 7.15. The van der Waals surface area contributed by atoms with Crippen LogP contribution in [0.25, 0.3) is 0 Å². The van der Waals surface area contributed by atoms with Crippen molar-refractivity contribution in [3.05, 3.63) is 65.2 Å². The Labute approximate surface area is 179 Å². The molecule has 3 rings (SSSR count). The monoisotopic (exact) mass is 424 g/mol. The van der Waals surface area contributed by atoms with Gasteiger partial charge in [-0.15, -0.1) is 11.3 Å². The first-order chi connectivity index (χ1) is 14.3. The van der Waals surface area contributed by atoms with E-state index in [9.17, 15) is 9.59 Å². The van der Waals surface area contributed by atoms with Crippen molar-refractivity contribution in [2.45, 2.75) is 32.6 Å². The first-order valence-corrected chi connectivity index (χ1v) is 10.3. The molecule has 1 heterocycles. The Hall–Kier alpha value is -3.39. The fraction of sp³-hybridized carbons (Fsp3) is 0.227. The summed E-state index contributed by atoms with van der Waals surface area (Å²) in [5.74, 6) is 0.546. The van der Waals surface area contributed by atoms with Crippen LogP contribution in [-0.2, 0) is 5.41 Å². The lowest BCUT2D eigenvalue weighted by Crippen LogP contribution is -2.19. The summed E-state index contributed by atoms with van der Waals surface area (Å²) in [6.07, 6.45) is 2.80. The molecule has 0 spiro atoms. The molecule has 1 aromatic heterocycles. The van der Waals surface area contributed by atoms with Crippen LogP contribution in [0.2, 0.25) is 0 Å². The van der Waals surface area contributed by atoms with Crippen molar-refractivity contribution in [2.24, 2.45) is 5.73 Å². The van der Waals surface area contributed by atoms with Crippen molar-refractivity contribution in [1.29, 1.82) is 0 Å². The molecule has 0 aliphatic carbocycles. The number of ether oxygens (including phenoxy) is 1. The van der Waals surface area contributed by atoms with Crippen molar-refractivity contribution < 1.29 is 14.3 Å². The second kappa shape index (κ2) is 8.96. The van der Waals surface area contributed by atoms with E-state index in [1.807, 2.05) is 6.20 Å². The summed E-state index contributed by atoms with van der Waals surface area (Å²) in [4.78, 5) is 28.9. The Morgan fingerprint density at radius 1 is 1.10 bits per heavy atom. The van der Waals surface area contributed by atoms with Gasteiger partial charge in [-0.1, -0.05) is 26.8 Å². The van der Waals surface area contributed by atoms with Gasteiger partial charge in [0.15, 0.2) is 5.13 Å². The normalized spacial score (nSPS) is 11.0. The van der Waals surface area contributed by atoms with Gasteiger partial charge in [-0.2, -0.15) is 0 Å². The van der Waals surface area contributed by atoms with E-state index in [1.54, 1.807) is 48.5 Å². The molecule has 3 aromatic rings. The number of carbonyl (C=O) groups is 2. The molecule has 0 aliphatic rings. The maximum absolute atomic E-state index is 12.3. The maximum atomic E-state index is 12.3. The number of nitrogens with one attached hydrogen (secondary N) is 2. The molecule has 0 fully saturated rings. The Kier molecular flexibility index (Phi) is 6.37. The molecule has 8 heteroatoms. The van der Waals surface area contributed by atoms with E-state index in [0.717, 1.165) is 11.3 Å². The Morgan fingerprint density at radius 2 is 1.83 bits per heavy atom. The quantitative estimate of drug-likeness (QED) is 0.474. The molecule has 156 valence electrons. The highest BCUT2D eigenvalue weighted by atomic mass is 32.1. The van der Waals surface area contributed by atoms with Gasteiger partial charge in [-0.3, -0.25) is 10.1 Å². The van der Waals surface area contributed by atoms with Gasteiger partial charge in [-0.25, -0.2) is 9.78 Å². The van der Waals surface area contributed by atoms with Gasteiger partial charge in [0.1, 0.15) is 11.5 Å². The third-order valence-electron chi connectivity index (χ3n) is 4.74.